The highest BCUT2D eigenvalue weighted by atomic mass is 16.5. The van der Waals surface area contributed by atoms with Crippen LogP contribution in [0.4, 0.5) is 11.6 Å². The van der Waals surface area contributed by atoms with Gasteiger partial charge in [0.25, 0.3) is 0 Å². The fraction of sp³-hybridized carbons (Fsp3) is 0.333. The Balaban J connectivity index is 1.91. The molecule has 0 radical (unpaired) electrons. The molecule has 1 aromatic carbocycles. The third-order valence-electron chi connectivity index (χ3n) is 3.40. The van der Waals surface area contributed by atoms with Gasteiger partial charge < -0.3 is 15.4 Å². The Morgan fingerprint density at radius 2 is 2.00 bits per heavy atom. The number of ether oxygens (including phenoxy) is 1. The predicted molar refractivity (Wildman–Crippen MR) is 78.5 cm³/mol. The third-order valence-corrected chi connectivity index (χ3v) is 3.40. The van der Waals surface area contributed by atoms with Gasteiger partial charge in [-0.3, -0.25) is 0 Å². The molecule has 1 aromatic heterocycles. The normalized spacial score (nSPS) is 13.7. The molecule has 0 saturated heterocycles. The molecule has 20 heavy (non-hydrogen) atoms. The van der Waals surface area contributed by atoms with Crippen molar-refractivity contribution in [3.8, 4) is 5.88 Å². The van der Waals surface area contributed by atoms with Gasteiger partial charge in [0.1, 0.15) is 0 Å². The van der Waals surface area contributed by atoms with E-state index in [0.29, 0.717) is 11.8 Å². The van der Waals surface area contributed by atoms with E-state index in [1.54, 1.807) is 7.11 Å². The lowest BCUT2D eigenvalue weighted by molar-refractivity contribution is 0.386. The quantitative estimate of drug-likeness (QED) is 0.895. The lowest BCUT2D eigenvalue weighted by atomic mass is 10.1. The van der Waals surface area contributed by atoms with E-state index < -0.39 is 0 Å². The molecule has 0 fully saturated rings. The molecular formula is C15H18N4O. The van der Waals surface area contributed by atoms with Crippen molar-refractivity contribution < 1.29 is 4.74 Å². The fourth-order valence-electron chi connectivity index (χ4n) is 2.30. The second-order valence-electron chi connectivity index (χ2n) is 4.90. The van der Waals surface area contributed by atoms with Gasteiger partial charge in [-0.05, 0) is 19.1 Å². The monoisotopic (exact) mass is 270 g/mol. The van der Waals surface area contributed by atoms with E-state index in [9.17, 15) is 0 Å². The van der Waals surface area contributed by atoms with Crippen LogP contribution in [0.25, 0.3) is 0 Å². The molecule has 5 heteroatoms. The molecule has 104 valence electrons. The zero-order valence-electron chi connectivity index (χ0n) is 11.7. The summed E-state index contributed by atoms with van der Waals surface area (Å²) in [5.74, 6) is 1.24. The Morgan fingerprint density at radius 1 is 1.20 bits per heavy atom. The topological polar surface area (TPSA) is 59.1 Å². The van der Waals surface area contributed by atoms with Crippen molar-refractivity contribution in [2.45, 2.75) is 19.9 Å². The second-order valence-corrected chi connectivity index (χ2v) is 4.90. The summed E-state index contributed by atoms with van der Waals surface area (Å²) in [5.41, 5.74) is 4.33. The second kappa shape index (κ2) is 5.46. The van der Waals surface area contributed by atoms with Crippen LogP contribution in [-0.2, 0) is 13.0 Å². The van der Waals surface area contributed by atoms with Crippen LogP contribution in [0.5, 0.6) is 5.88 Å². The van der Waals surface area contributed by atoms with Gasteiger partial charge in [-0.2, -0.15) is 4.98 Å². The minimum absolute atomic E-state index is 0.589. The number of anilines is 2. The van der Waals surface area contributed by atoms with Crippen LogP contribution in [0.2, 0.25) is 0 Å². The van der Waals surface area contributed by atoms with Gasteiger partial charge >= 0.3 is 0 Å². The minimum Gasteiger partial charge on any atom is -0.481 e. The average Bonchev–Trinajstić information content (AvgIpc) is 2.49. The van der Waals surface area contributed by atoms with Gasteiger partial charge in [-0.15, -0.1) is 0 Å². The van der Waals surface area contributed by atoms with E-state index in [0.717, 1.165) is 36.5 Å². The van der Waals surface area contributed by atoms with E-state index in [2.05, 4.69) is 39.7 Å². The fourth-order valence-corrected chi connectivity index (χ4v) is 2.30. The maximum Gasteiger partial charge on any atom is 0.230 e. The predicted octanol–water partition coefficient (Wildman–Crippen LogP) is 2.18. The van der Waals surface area contributed by atoms with Gasteiger partial charge in [-0.1, -0.05) is 17.7 Å². The molecule has 1 aliphatic rings. The van der Waals surface area contributed by atoms with Crippen LogP contribution in [-0.4, -0.2) is 23.6 Å². The molecule has 3 rings (SSSR count). The van der Waals surface area contributed by atoms with Crippen LogP contribution in [0.15, 0.2) is 24.3 Å². The Bertz CT molecular complexity index is 593. The Kier molecular flexibility index (Phi) is 3.52. The summed E-state index contributed by atoms with van der Waals surface area (Å²) < 4.78 is 5.38. The smallest absolute Gasteiger partial charge is 0.230 e. The molecule has 0 amide bonds. The van der Waals surface area contributed by atoms with E-state index in [4.69, 9.17) is 4.74 Å². The molecule has 0 atom stereocenters. The first kappa shape index (κ1) is 12.9. The SMILES string of the molecule is COc1nc(Nc2ccc(C)cc2)nc2c1CNCC2. The minimum atomic E-state index is 0.589. The van der Waals surface area contributed by atoms with Crippen molar-refractivity contribution in [1.29, 1.82) is 0 Å². The molecule has 2 N–H and O–H groups in total. The van der Waals surface area contributed by atoms with Crippen molar-refractivity contribution in [1.82, 2.24) is 15.3 Å². The lowest BCUT2D eigenvalue weighted by Crippen LogP contribution is -2.26. The van der Waals surface area contributed by atoms with E-state index in [1.807, 2.05) is 12.1 Å². The Hall–Kier alpha value is -2.14. The summed E-state index contributed by atoms with van der Waals surface area (Å²) in [6.07, 6.45) is 0.900. The third kappa shape index (κ3) is 2.58. The molecule has 5 nitrogen and oxygen atoms in total. The van der Waals surface area contributed by atoms with Crippen LogP contribution >= 0.6 is 0 Å². The molecule has 0 bridgehead atoms. The van der Waals surface area contributed by atoms with Crippen LogP contribution in [0.3, 0.4) is 0 Å². The number of nitrogens with zero attached hydrogens (tertiary/aromatic N) is 2. The number of fused-ring (bicyclic) bond motifs is 1. The maximum atomic E-state index is 5.38. The molecular weight excluding hydrogens is 252 g/mol. The van der Waals surface area contributed by atoms with Crippen molar-refractivity contribution in [2.24, 2.45) is 0 Å². The lowest BCUT2D eigenvalue weighted by Gasteiger charge is -2.19. The zero-order valence-corrected chi connectivity index (χ0v) is 11.7. The number of hydrogen-bond donors (Lipinski definition) is 2. The number of nitrogens with one attached hydrogen (secondary N) is 2. The largest absolute Gasteiger partial charge is 0.481 e. The summed E-state index contributed by atoms with van der Waals surface area (Å²) in [5, 5.41) is 6.54. The van der Waals surface area contributed by atoms with E-state index in [1.165, 1.54) is 5.56 Å². The highest BCUT2D eigenvalue weighted by Crippen LogP contribution is 2.24. The Labute approximate surface area is 118 Å². The van der Waals surface area contributed by atoms with Crippen molar-refractivity contribution >= 4 is 11.6 Å². The molecule has 1 aliphatic heterocycles. The van der Waals surface area contributed by atoms with Crippen LogP contribution < -0.4 is 15.4 Å². The van der Waals surface area contributed by atoms with Gasteiger partial charge in [-0.25, -0.2) is 4.98 Å². The first-order chi connectivity index (χ1) is 9.76. The number of hydrogen-bond acceptors (Lipinski definition) is 5. The van der Waals surface area contributed by atoms with Gasteiger partial charge in [0, 0.05) is 30.8 Å². The highest BCUT2D eigenvalue weighted by Gasteiger charge is 2.18. The number of benzene rings is 1. The maximum absolute atomic E-state index is 5.38. The number of aromatic nitrogens is 2. The van der Waals surface area contributed by atoms with Gasteiger partial charge in [0.15, 0.2) is 0 Å². The van der Waals surface area contributed by atoms with Crippen molar-refractivity contribution in [3.63, 3.8) is 0 Å². The molecule has 0 saturated carbocycles. The Morgan fingerprint density at radius 3 is 2.75 bits per heavy atom. The molecule has 0 aliphatic carbocycles. The average molecular weight is 270 g/mol. The summed E-state index contributed by atoms with van der Waals surface area (Å²) in [4.78, 5) is 9.04. The molecule has 2 aromatic rings. The summed E-state index contributed by atoms with van der Waals surface area (Å²) in [6.45, 7) is 3.77. The number of rotatable bonds is 3. The highest BCUT2D eigenvalue weighted by molar-refractivity contribution is 5.55. The first-order valence-corrected chi connectivity index (χ1v) is 6.74. The van der Waals surface area contributed by atoms with E-state index >= 15 is 0 Å². The summed E-state index contributed by atoms with van der Waals surface area (Å²) >= 11 is 0. The van der Waals surface area contributed by atoms with Crippen LogP contribution in [0, 0.1) is 6.92 Å². The molecule has 0 spiro atoms. The summed E-state index contributed by atoms with van der Waals surface area (Å²) in [6, 6.07) is 8.15. The molecule has 0 unspecified atom stereocenters. The number of aryl methyl sites for hydroxylation is 1. The van der Waals surface area contributed by atoms with Gasteiger partial charge in [0.05, 0.1) is 12.8 Å². The van der Waals surface area contributed by atoms with E-state index in [-0.39, 0.29) is 0 Å². The van der Waals surface area contributed by atoms with Crippen molar-refractivity contribution in [2.75, 3.05) is 19.0 Å². The molecule has 2 heterocycles. The first-order valence-electron chi connectivity index (χ1n) is 6.74. The number of methoxy groups -OCH3 is 1. The standard InChI is InChI=1S/C15H18N4O/c1-10-3-5-11(6-4-10)17-15-18-13-7-8-16-9-12(13)14(19-15)20-2/h3-6,16H,7-9H2,1-2H3,(H,17,18,19). The zero-order chi connectivity index (χ0) is 13.9. The summed E-state index contributed by atoms with van der Waals surface area (Å²) in [7, 11) is 1.65. The van der Waals surface area contributed by atoms with Crippen LogP contribution in [0.1, 0.15) is 16.8 Å². The van der Waals surface area contributed by atoms with Gasteiger partial charge in [0.2, 0.25) is 11.8 Å². The van der Waals surface area contributed by atoms with Crippen molar-refractivity contribution in [3.05, 3.63) is 41.1 Å².